The van der Waals surface area contributed by atoms with Crippen LogP contribution in [-0.4, -0.2) is 0 Å². The Kier molecular flexibility index (Phi) is 4.68. The molecule has 1 atom stereocenters. The monoisotopic (exact) mass is 383 g/mol. The molecule has 106 valence electrons. The molecule has 0 bridgehead atoms. The zero-order valence-electron chi connectivity index (χ0n) is 12.2. The molecule has 2 rings (SSSR count). The Labute approximate surface area is 133 Å². The van der Waals surface area contributed by atoms with Crippen LogP contribution >= 0.6 is 22.6 Å². The summed E-state index contributed by atoms with van der Waals surface area (Å²) in [5, 5.41) is 3.47. The molecule has 0 spiro atoms. The molecular formula is C17H19FIN. The second-order valence-electron chi connectivity index (χ2n) is 5.28. The summed E-state index contributed by atoms with van der Waals surface area (Å²) in [4.78, 5) is 0. The molecular weight excluding hydrogens is 364 g/mol. The highest BCUT2D eigenvalue weighted by molar-refractivity contribution is 14.1. The van der Waals surface area contributed by atoms with Crippen molar-refractivity contribution in [2.24, 2.45) is 0 Å². The standard InChI is InChI=1S/C17H19FIN/c1-10-7-12(3)15(8-11(10)2)13(4)20-17-6-5-14(18)9-16(17)19/h5-9,13,20H,1-4H3. The van der Waals surface area contributed by atoms with Crippen molar-refractivity contribution in [3.05, 3.63) is 62.0 Å². The minimum atomic E-state index is -0.199. The Morgan fingerprint density at radius 3 is 2.30 bits per heavy atom. The minimum Gasteiger partial charge on any atom is -0.378 e. The fraction of sp³-hybridized carbons (Fsp3) is 0.294. The topological polar surface area (TPSA) is 12.0 Å². The van der Waals surface area contributed by atoms with Gasteiger partial charge in [0.25, 0.3) is 0 Å². The second kappa shape index (κ2) is 6.12. The molecule has 0 heterocycles. The molecule has 0 aliphatic rings. The van der Waals surface area contributed by atoms with Crippen LogP contribution in [0.3, 0.4) is 0 Å². The number of aryl methyl sites for hydroxylation is 3. The van der Waals surface area contributed by atoms with Crippen molar-refractivity contribution in [1.82, 2.24) is 0 Å². The van der Waals surface area contributed by atoms with Crippen LogP contribution in [0, 0.1) is 30.2 Å². The Morgan fingerprint density at radius 2 is 1.65 bits per heavy atom. The summed E-state index contributed by atoms with van der Waals surface area (Å²) in [5.41, 5.74) is 6.15. The smallest absolute Gasteiger partial charge is 0.124 e. The maximum atomic E-state index is 13.1. The third-order valence-corrected chi connectivity index (χ3v) is 4.54. The van der Waals surface area contributed by atoms with Gasteiger partial charge in [-0.25, -0.2) is 4.39 Å². The lowest BCUT2D eigenvalue weighted by atomic mass is 9.96. The molecule has 3 heteroatoms. The fourth-order valence-corrected chi connectivity index (χ4v) is 3.00. The first-order valence-corrected chi connectivity index (χ1v) is 7.75. The Balaban J connectivity index is 2.28. The van der Waals surface area contributed by atoms with Gasteiger partial charge in [0.05, 0.1) is 0 Å². The number of hydrogen-bond acceptors (Lipinski definition) is 1. The molecule has 2 aromatic rings. The van der Waals surface area contributed by atoms with Crippen LogP contribution in [0.2, 0.25) is 0 Å². The van der Waals surface area contributed by atoms with Crippen molar-refractivity contribution < 1.29 is 4.39 Å². The largest absolute Gasteiger partial charge is 0.378 e. The number of benzene rings is 2. The average molecular weight is 383 g/mol. The molecule has 0 radical (unpaired) electrons. The van der Waals surface area contributed by atoms with E-state index in [0.717, 1.165) is 9.26 Å². The van der Waals surface area contributed by atoms with E-state index in [9.17, 15) is 4.39 Å². The first-order chi connectivity index (χ1) is 9.38. The van der Waals surface area contributed by atoms with Crippen molar-refractivity contribution in [2.75, 3.05) is 5.32 Å². The maximum Gasteiger partial charge on any atom is 0.124 e. The number of nitrogens with one attached hydrogen (secondary N) is 1. The van der Waals surface area contributed by atoms with Gasteiger partial charge in [-0.2, -0.15) is 0 Å². The predicted molar refractivity (Wildman–Crippen MR) is 91.8 cm³/mol. The van der Waals surface area contributed by atoms with Gasteiger partial charge in [-0.15, -0.1) is 0 Å². The van der Waals surface area contributed by atoms with Gasteiger partial charge in [-0.1, -0.05) is 12.1 Å². The number of anilines is 1. The summed E-state index contributed by atoms with van der Waals surface area (Å²) in [5.74, 6) is -0.199. The number of hydrogen-bond donors (Lipinski definition) is 1. The molecule has 0 aliphatic heterocycles. The van der Waals surface area contributed by atoms with E-state index in [2.05, 4.69) is 67.7 Å². The van der Waals surface area contributed by atoms with Gasteiger partial charge >= 0.3 is 0 Å². The fourth-order valence-electron chi connectivity index (χ4n) is 2.37. The van der Waals surface area contributed by atoms with Crippen LogP contribution < -0.4 is 5.32 Å². The first kappa shape index (κ1) is 15.3. The van der Waals surface area contributed by atoms with E-state index in [1.165, 1.54) is 28.3 Å². The zero-order chi connectivity index (χ0) is 14.9. The van der Waals surface area contributed by atoms with Crippen LogP contribution in [0.5, 0.6) is 0 Å². The van der Waals surface area contributed by atoms with Crippen LogP contribution in [-0.2, 0) is 0 Å². The molecule has 0 amide bonds. The highest BCUT2D eigenvalue weighted by Crippen LogP contribution is 2.27. The van der Waals surface area contributed by atoms with Crippen LogP contribution in [0.15, 0.2) is 30.3 Å². The summed E-state index contributed by atoms with van der Waals surface area (Å²) < 4.78 is 14.0. The van der Waals surface area contributed by atoms with Crippen molar-refractivity contribution in [3.63, 3.8) is 0 Å². The molecule has 20 heavy (non-hydrogen) atoms. The highest BCUT2D eigenvalue weighted by Gasteiger charge is 2.11. The molecule has 2 aromatic carbocycles. The van der Waals surface area contributed by atoms with Crippen molar-refractivity contribution in [3.8, 4) is 0 Å². The second-order valence-corrected chi connectivity index (χ2v) is 6.45. The number of halogens is 2. The van der Waals surface area contributed by atoms with Gasteiger partial charge in [0, 0.05) is 15.3 Å². The molecule has 1 N–H and O–H groups in total. The van der Waals surface area contributed by atoms with E-state index < -0.39 is 0 Å². The average Bonchev–Trinajstić information content (AvgIpc) is 2.37. The van der Waals surface area contributed by atoms with Gasteiger partial charge in [0.1, 0.15) is 5.82 Å². The van der Waals surface area contributed by atoms with E-state index in [-0.39, 0.29) is 11.9 Å². The highest BCUT2D eigenvalue weighted by atomic mass is 127. The summed E-state index contributed by atoms with van der Waals surface area (Å²) in [6.45, 7) is 8.53. The lowest BCUT2D eigenvalue weighted by Crippen LogP contribution is -2.10. The van der Waals surface area contributed by atoms with E-state index in [1.54, 1.807) is 12.1 Å². The van der Waals surface area contributed by atoms with Gasteiger partial charge < -0.3 is 5.32 Å². The molecule has 0 saturated carbocycles. The summed E-state index contributed by atoms with van der Waals surface area (Å²) >= 11 is 2.16. The SMILES string of the molecule is Cc1cc(C)c(C(C)Nc2ccc(F)cc2I)cc1C. The predicted octanol–water partition coefficient (Wildman–Crippen LogP) is 5.53. The van der Waals surface area contributed by atoms with E-state index >= 15 is 0 Å². The molecule has 1 nitrogen and oxygen atoms in total. The quantitative estimate of drug-likeness (QED) is 0.688. The van der Waals surface area contributed by atoms with E-state index in [4.69, 9.17) is 0 Å². The summed E-state index contributed by atoms with van der Waals surface area (Å²) in [6, 6.07) is 9.47. The molecule has 0 fully saturated rings. The molecule has 1 unspecified atom stereocenters. The van der Waals surface area contributed by atoms with Crippen molar-refractivity contribution >= 4 is 28.3 Å². The van der Waals surface area contributed by atoms with Gasteiger partial charge in [-0.05, 0) is 90.7 Å². The third kappa shape index (κ3) is 3.32. The van der Waals surface area contributed by atoms with Crippen LogP contribution in [0.1, 0.15) is 35.2 Å². The van der Waals surface area contributed by atoms with Gasteiger partial charge in [0.15, 0.2) is 0 Å². The normalized spacial score (nSPS) is 12.3. The van der Waals surface area contributed by atoms with E-state index in [0.29, 0.717) is 0 Å². The summed E-state index contributed by atoms with van der Waals surface area (Å²) in [6.07, 6.45) is 0. The maximum absolute atomic E-state index is 13.1. The zero-order valence-corrected chi connectivity index (χ0v) is 14.4. The van der Waals surface area contributed by atoms with Crippen molar-refractivity contribution in [1.29, 1.82) is 0 Å². The lowest BCUT2D eigenvalue weighted by Gasteiger charge is -2.20. The van der Waals surface area contributed by atoms with Gasteiger partial charge in [0.2, 0.25) is 0 Å². The molecule has 0 saturated heterocycles. The number of rotatable bonds is 3. The Morgan fingerprint density at radius 1 is 1.00 bits per heavy atom. The Bertz CT molecular complexity index is 637. The summed E-state index contributed by atoms with van der Waals surface area (Å²) in [7, 11) is 0. The van der Waals surface area contributed by atoms with Crippen molar-refractivity contribution in [2.45, 2.75) is 33.7 Å². The first-order valence-electron chi connectivity index (χ1n) is 6.68. The minimum absolute atomic E-state index is 0.188. The van der Waals surface area contributed by atoms with Crippen LogP contribution in [0.25, 0.3) is 0 Å². The van der Waals surface area contributed by atoms with Gasteiger partial charge in [-0.3, -0.25) is 0 Å². The van der Waals surface area contributed by atoms with E-state index in [1.807, 2.05) is 0 Å². The molecule has 0 aromatic heterocycles. The lowest BCUT2D eigenvalue weighted by molar-refractivity contribution is 0.627. The molecule has 0 aliphatic carbocycles. The third-order valence-electron chi connectivity index (χ3n) is 3.65. The van der Waals surface area contributed by atoms with Crippen LogP contribution in [0.4, 0.5) is 10.1 Å². The Hall–Kier alpha value is -1.10.